The molecule has 0 saturated carbocycles. The van der Waals surface area contributed by atoms with Gasteiger partial charge in [-0.05, 0) is 51.1 Å². The summed E-state index contributed by atoms with van der Waals surface area (Å²) < 4.78 is 7.99. The summed E-state index contributed by atoms with van der Waals surface area (Å²) in [5.74, 6) is 2.84. The van der Waals surface area contributed by atoms with Gasteiger partial charge in [0.1, 0.15) is 11.5 Å². The molecule has 1 fully saturated rings. The average molecular weight is 520 g/mol. The molecule has 0 bridgehead atoms. The van der Waals surface area contributed by atoms with Crippen LogP contribution >= 0.6 is 35.6 Å². The Labute approximate surface area is 189 Å². The Morgan fingerprint density at radius 2 is 2.07 bits per heavy atom. The summed E-state index contributed by atoms with van der Waals surface area (Å²) in [5.41, 5.74) is 1.14. The third kappa shape index (κ3) is 5.67. The third-order valence-corrected chi connectivity index (χ3v) is 5.38. The third-order valence-electron chi connectivity index (χ3n) is 5.17. The minimum atomic E-state index is 0. The van der Waals surface area contributed by atoms with E-state index in [-0.39, 0.29) is 30.0 Å². The molecule has 1 aliphatic rings. The summed E-state index contributed by atoms with van der Waals surface area (Å²) in [5, 5.41) is 4.29. The van der Waals surface area contributed by atoms with Crippen molar-refractivity contribution in [1.29, 1.82) is 0 Å². The van der Waals surface area contributed by atoms with Gasteiger partial charge >= 0.3 is 0 Å². The number of nitrogens with zero attached hydrogens (tertiary/aromatic N) is 4. The van der Waals surface area contributed by atoms with Gasteiger partial charge in [-0.3, -0.25) is 9.89 Å². The van der Waals surface area contributed by atoms with Gasteiger partial charge in [0.2, 0.25) is 0 Å². The maximum Gasteiger partial charge on any atom is 0.193 e. The van der Waals surface area contributed by atoms with E-state index in [0.29, 0.717) is 0 Å². The number of aromatic nitrogens is 1. The van der Waals surface area contributed by atoms with E-state index < -0.39 is 0 Å². The maximum absolute atomic E-state index is 6.11. The van der Waals surface area contributed by atoms with Gasteiger partial charge in [0.15, 0.2) is 5.96 Å². The van der Waals surface area contributed by atoms with Crippen molar-refractivity contribution in [3.8, 4) is 0 Å². The molecule has 0 spiro atoms. The fraction of sp³-hybridized carbons (Fsp3) is 0.550. The van der Waals surface area contributed by atoms with E-state index in [4.69, 9.17) is 16.0 Å². The molecule has 1 aliphatic heterocycles. The fourth-order valence-corrected chi connectivity index (χ4v) is 3.98. The van der Waals surface area contributed by atoms with Crippen LogP contribution in [0.2, 0.25) is 5.02 Å². The first-order valence-electron chi connectivity index (χ1n) is 9.51. The van der Waals surface area contributed by atoms with E-state index in [1.165, 1.54) is 12.8 Å². The molecule has 1 unspecified atom stereocenters. The highest BCUT2D eigenvalue weighted by atomic mass is 127. The zero-order chi connectivity index (χ0) is 19.4. The van der Waals surface area contributed by atoms with Gasteiger partial charge < -0.3 is 19.2 Å². The van der Waals surface area contributed by atoms with Crippen LogP contribution in [0.4, 0.5) is 0 Å². The predicted octanol–water partition coefficient (Wildman–Crippen LogP) is 4.04. The molecule has 8 heteroatoms. The molecule has 1 atom stereocenters. The normalized spacial score (nSPS) is 16.1. The Morgan fingerprint density at radius 1 is 1.36 bits per heavy atom. The van der Waals surface area contributed by atoms with Crippen LogP contribution in [-0.4, -0.2) is 54.1 Å². The Morgan fingerprint density at radius 3 is 2.61 bits per heavy atom. The van der Waals surface area contributed by atoms with Crippen LogP contribution in [0.25, 0.3) is 0 Å². The summed E-state index contributed by atoms with van der Waals surface area (Å²) in [4.78, 5) is 9.06. The average Bonchev–Trinajstić information content (AvgIpc) is 3.35. The quantitative estimate of drug-likeness (QED) is 0.356. The lowest BCUT2D eigenvalue weighted by atomic mass is 10.2. The molecule has 6 nitrogen and oxygen atoms in total. The Bertz CT molecular complexity index is 781. The van der Waals surface area contributed by atoms with Gasteiger partial charge in [-0.2, -0.15) is 0 Å². The van der Waals surface area contributed by atoms with Crippen molar-refractivity contribution in [2.45, 2.75) is 32.4 Å². The fourth-order valence-electron chi connectivity index (χ4n) is 3.71. The zero-order valence-electron chi connectivity index (χ0n) is 17.1. The van der Waals surface area contributed by atoms with Crippen LogP contribution in [0.3, 0.4) is 0 Å². The first kappa shape index (κ1) is 23.1. The number of likely N-dealkylation sites (tertiary alicyclic amines) is 1. The van der Waals surface area contributed by atoms with Crippen LogP contribution < -0.4 is 5.32 Å². The molecule has 2 aromatic rings. The number of halogens is 2. The van der Waals surface area contributed by atoms with Crippen LogP contribution in [0, 0.1) is 6.92 Å². The molecule has 0 aliphatic carbocycles. The van der Waals surface area contributed by atoms with Gasteiger partial charge in [-0.25, -0.2) is 0 Å². The number of aryl methyl sites for hydroxylation is 2. The summed E-state index contributed by atoms with van der Waals surface area (Å²) in [6, 6.07) is 6.34. The largest absolute Gasteiger partial charge is 0.465 e. The Hall–Kier alpha value is -1.19. The standard InChI is InChI=1S/C20H30ClN5O.HI/c1-15-7-8-19(27-15)18(26-9-5-6-10-26)12-23-20(22-2)25(4)14-17-11-16(21)13-24(17)3;/h7-8,11,13,18H,5-6,9-10,12,14H2,1-4H3,(H,22,23);1H. The summed E-state index contributed by atoms with van der Waals surface area (Å²) >= 11 is 6.11. The molecule has 0 amide bonds. The van der Waals surface area contributed by atoms with Gasteiger partial charge in [0, 0.05) is 39.6 Å². The molecular weight excluding hydrogens is 489 g/mol. The van der Waals surface area contributed by atoms with E-state index in [1.54, 1.807) is 0 Å². The molecule has 0 radical (unpaired) electrons. The van der Waals surface area contributed by atoms with Gasteiger partial charge in [-0.15, -0.1) is 24.0 Å². The molecule has 28 heavy (non-hydrogen) atoms. The number of hydrogen-bond donors (Lipinski definition) is 1. The first-order valence-corrected chi connectivity index (χ1v) is 9.88. The molecule has 2 aromatic heterocycles. The highest BCUT2D eigenvalue weighted by molar-refractivity contribution is 14.0. The molecule has 1 saturated heterocycles. The highest BCUT2D eigenvalue weighted by Crippen LogP contribution is 2.26. The van der Waals surface area contributed by atoms with Crippen molar-refractivity contribution >= 4 is 41.5 Å². The first-order chi connectivity index (χ1) is 13.0. The van der Waals surface area contributed by atoms with Crippen LogP contribution in [-0.2, 0) is 13.6 Å². The second kappa shape index (κ2) is 10.5. The van der Waals surface area contributed by atoms with Gasteiger partial charge in [-0.1, -0.05) is 11.6 Å². The maximum atomic E-state index is 6.11. The van der Waals surface area contributed by atoms with E-state index >= 15 is 0 Å². The van der Waals surface area contributed by atoms with Crippen LogP contribution in [0.5, 0.6) is 0 Å². The van der Waals surface area contributed by atoms with Crippen molar-refractivity contribution in [2.75, 3.05) is 33.7 Å². The smallest absolute Gasteiger partial charge is 0.193 e. The molecule has 1 N–H and O–H groups in total. The van der Waals surface area contributed by atoms with E-state index in [1.807, 2.05) is 51.0 Å². The minimum absolute atomic E-state index is 0. The Kier molecular flexibility index (Phi) is 8.70. The second-order valence-electron chi connectivity index (χ2n) is 7.25. The lowest BCUT2D eigenvalue weighted by Gasteiger charge is -2.29. The minimum Gasteiger partial charge on any atom is -0.465 e. The van der Waals surface area contributed by atoms with Crippen molar-refractivity contribution in [3.63, 3.8) is 0 Å². The van der Waals surface area contributed by atoms with Crippen molar-refractivity contribution < 1.29 is 4.42 Å². The number of furan rings is 1. The van der Waals surface area contributed by atoms with Crippen molar-refractivity contribution in [2.24, 2.45) is 12.0 Å². The lowest BCUT2D eigenvalue weighted by molar-refractivity contribution is 0.212. The van der Waals surface area contributed by atoms with Crippen molar-refractivity contribution in [1.82, 2.24) is 19.7 Å². The molecule has 3 heterocycles. The van der Waals surface area contributed by atoms with E-state index in [2.05, 4.69) is 26.2 Å². The number of hydrogen-bond acceptors (Lipinski definition) is 3. The van der Waals surface area contributed by atoms with Gasteiger partial charge in [0.05, 0.1) is 17.6 Å². The van der Waals surface area contributed by atoms with Gasteiger partial charge in [0.25, 0.3) is 0 Å². The predicted molar refractivity (Wildman–Crippen MR) is 126 cm³/mol. The molecule has 3 rings (SSSR count). The summed E-state index contributed by atoms with van der Waals surface area (Å²) in [6.07, 6.45) is 4.42. The van der Waals surface area contributed by atoms with Crippen LogP contribution in [0.15, 0.2) is 33.8 Å². The SMILES string of the molecule is CN=C(NCC(c1ccc(C)o1)N1CCCC1)N(C)Cc1cc(Cl)cn1C.I. The molecule has 156 valence electrons. The molecule has 0 aromatic carbocycles. The number of aliphatic imine (C=N–C) groups is 1. The molecular formula is C20H31ClIN5O. The Balaban J connectivity index is 0.00000280. The number of guanidine groups is 1. The van der Waals surface area contributed by atoms with Crippen molar-refractivity contribution in [3.05, 3.63) is 46.6 Å². The lowest BCUT2D eigenvalue weighted by Crippen LogP contribution is -2.43. The van der Waals surface area contributed by atoms with E-state index in [9.17, 15) is 0 Å². The van der Waals surface area contributed by atoms with Crippen LogP contribution in [0.1, 0.15) is 36.1 Å². The van der Waals surface area contributed by atoms with E-state index in [0.717, 1.165) is 54.4 Å². The zero-order valence-corrected chi connectivity index (χ0v) is 20.2. The topological polar surface area (TPSA) is 48.9 Å². The number of nitrogens with one attached hydrogen (secondary N) is 1. The highest BCUT2D eigenvalue weighted by Gasteiger charge is 2.26. The number of rotatable bonds is 6. The summed E-state index contributed by atoms with van der Waals surface area (Å²) in [6.45, 7) is 5.72. The second-order valence-corrected chi connectivity index (χ2v) is 7.69. The monoisotopic (exact) mass is 519 g/mol. The summed E-state index contributed by atoms with van der Waals surface area (Å²) in [7, 11) is 5.87.